The Bertz CT molecular complexity index is 360. The molecule has 1 heterocycles. The van der Waals surface area contributed by atoms with Crippen molar-refractivity contribution < 1.29 is 0 Å². The maximum atomic E-state index is 6.28. The first-order valence-electron chi connectivity index (χ1n) is 5.61. The van der Waals surface area contributed by atoms with Gasteiger partial charge in [-0.1, -0.05) is 0 Å². The fourth-order valence-corrected chi connectivity index (χ4v) is 2.86. The number of aromatic nitrogens is 1. The predicted octanol–water partition coefficient (Wildman–Crippen LogP) is 1.62. The largest absolute Gasteiger partial charge is 0.354 e. The fourth-order valence-electron chi connectivity index (χ4n) is 2.86. The molecule has 14 heavy (non-hydrogen) atoms. The van der Waals surface area contributed by atoms with Crippen molar-refractivity contribution in [1.82, 2.24) is 4.57 Å². The van der Waals surface area contributed by atoms with Crippen LogP contribution in [0.5, 0.6) is 0 Å². The zero-order chi connectivity index (χ0) is 9.76. The van der Waals surface area contributed by atoms with Gasteiger partial charge in [-0.15, -0.1) is 0 Å². The van der Waals surface area contributed by atoms with Crippen molar-refractivity contribution in [3.8, 4) is 0 Å². The fraction of sp³-hybridized carbons (Fsp3) is 0.667. The van der Waals surface area contributed by atoms with Crippen LogP contribution in [0.3, 0.4) is 0 Å². The third kappa shape index (κ3) is 1.13. The van der Waals surface area contributed by atoms with Gasteiger partial charge in [0.05, 0.1) is 0 Å². The van der Waals surface area contributed by atoms with E-state index in [0.29, 0.717) is 0 Å². The summed E-state index contributed by atoms with van der Waals surface area (Å²) < 4.78 is 2.27. The summed E-state index contributed by atoms with van der Waals surface area (Å²) in [5.74, 6) is 0.748. The minimum absolute atomic E-state index is 0.216. The summed E-state index contributed by atoms with van der Waals surface area (Å²) in [6.45, 7) is 0. The van der Waals surface area contributed by atoms with Gasteiger partial charge in [0, 0.05) is 24.5 Å². The Kier molecular flexibility index (Phi) is 1.61. The van der Waals surface area contributed by atoms with Gasteiger partial charge in [-0.05, 0) is 49.7 Å². The summed E-state index contributed by atoms with van der Waals surface area (Å²) in [5, 5.41) is 0. The first-order valence-corrected chi connectivity index (χ1v) is 5.61. The summed E-state index contributed by atoms with van der Waals surface area (Å²) in [5.41, 5.74) is 9.57. The molecule has 2 aliphatic rings. The van der Waals surface area contributed by atoms with E-state index in [1.54, 1.807) is 5.56 Å². The molecule has 2 aliphatic carbocycles. The number of nitrogens with two attached hydrogens (primary N) is 1. The standard InChI is InChI=1S/C12H18N2/c1-14-7-4-9-8-10(2-3-11(9)14)12(13)5-6-12/h4,7,10H,2-3,5-6,8,13H2,1H3. The topological polar surface area (TPSA) is 30.9 Å². The second-order valence-corrected chi connectivity index (χ2v) is 5.07. The van der Waals surface area contributed by atoms with Gasteiger partial charge in [-0.2, -0.15) is 0 Å². The second kappa shape index (κ2) is 2.63. The van der Waals surface area contributed by atoms with Gasteiger partial charge in [0.2, 0.25) is 0 Å². The van der Waals surface area contributed by atoms with Crippen LogP contribution in [0.2, 0.25) is 0 Å². The molecule has 1 fully saturated rings. The van der Waals surface area contributed by atoms with Crippen LogP contribution in [0, 0.1) is 5.92 Å². The van der Waals surface area contributed by atoms with Gasteiger partial charge in [0.25, 0.3) is 0 Å². The molecular formula is C12H18N2. The number of fused-ring (bicyclic) bond motifs is 1. The lowest BCUT2D eigenvalue weighted by Crippen LogP contribution is -2.36. The Hall–Kier alpha value is -0.760. The van der Waals surface area contributed by atoms with Gasteiger partial charge >= 0.3 is 0 Å². The van der Waals surface area contributed by atoms with Crippen LogP contribution in [-0.2, 0) is 19.9 Å². The van der Waals surface area contributed by atoms with Crippen LogP contribution in [0.15, 0.2) is 12.3 Å². The third-order valence-corrected chi connectivity index (χ3v) is 4.13. The average molecular weight is 190 g/mol. The van der Waals surface area contributed by atoms with E-state index >= 15 is 0 Å². The van der Waals surface area contributed by atoms with E-state index in [0.717, 1.165) is 5.92 Å². The van der Waals surface area contributed by atoms with E-state index in [2.05, 4.69) is 23.9 Å². The SMILES string of the molecule is Cn1ccc2c1CCC(C1(N)CC1)C2. The van der Waals surface area contributed by atoms with Crippen molar-refractivity contribution in [1.29, 1.82) is 0 Å². The second-order valence-electron chi connectivity index (χ2n) is 5.07. The molecule has 1 unspecified atom stereocenters. The molecule has 3 rings (SSSR count). The molecule has 1 aromatic rings. The first kappa shape index (κ1) is 8.54. The monoisotopic (exact) mass is 190 g/mol. The summed E-state index contributed by atoms with van der Waals surface area (Å²) in [7, 11) is 2.15. The lowest BCUT2D eigenvalue weighted by molar-refractivity contribution is 0.355. The molecule has 76 valence electrons. The van der Waals surface area contributed by atoms with Crippen LogP contribution in [-0.4, -0.2) is 10.1 Å². The molecule has 0 aromatic carbocycles. The average Bonchev–Trinajstić information content (AvgIpc) is 2.84. The molecule has 0 amide bonds. The summed E-state index contributed by atoms with van der Waals surface area (Å²) in [4.78, 5) is 0. The van der Waals surface area contributed by atoms with E-state index in [4.69, 9.17) is 5.73 Å². The van der Waals surface area contributed by atoms with Gasteiger partial charge < -0.3 is 10.3 Å². The quantitative estimate of drug-likeness (QED) is 0.717. The molecule has 0 aliphatic heterocycles. The Balaban J connectivity index is 1.87. The highest BCUT2D eigenvalue weighted by molar-refractivity contribution is 5.27. The summed E-state index contributed by atoms with van der Waals surface area (Å²) in [6, 6.07) is 2.27. The zero-order valence-electron chi connectivity index (χ0n) is 8.79. The molecule has 0 saturated heterocycles. The third-order valence-electron chi connectivity index (χ3n) is 4.13. The van der Waals surface area contributed by atoms with Crippen LogP contribution in [0.1, 0.15) is 30.5 Å². The number of aryl methyl sites for hydroxylation is 1. The van der Waals surface area contributed by atoms with Crippen molar-refractivity contribution in [3.63, 3.8) is 0 Å². The lowest BCUT2D eigenvalue weighted by Gasteiger charge is -2.28. The van der Waals surface area contributed by atoms with E-state index < -0.39 is 0 Å². The molecule has 0 spiro atoms. The van der Waals surface area contributed by atoms with E-state index in [1.165, 1.54) is 37.8 Å². The molecule has 1 atom stereocenters. The van der Waals surface area contributed by atoms with Gasteiger partial charge in [-0.3, -0.25) is 0 Å². The van der Waals surface area contributed by atoms with Crippen molar-refractivity contribution >= 4 is 0 Å². The van der Waals surface area contributed by atoms with Crippen molar-refractivity contribution in [3.05, 3.63) is 23.5 Å². The van der Waals surface area contributed by atoms with Crippen LogP contribution >= 0.6 is 0 Å². The number of rotatable bonds is 1. The zero-order valence-corrected chi connectivity index (χ0v) is 8.79. The van der Waals surface area contributed by atoms with Gasteiger partial charge in [-0.25, -0.2) is 0 Å². The Labute approximate surface area is 85.1 Å². The molecule has 2 N–H and O–H groups in total. The minimum atomic E-state index is 0.216. The van der Waals surface area contributed by atoms with Crippen molar-refractivity contribution in [2.45, 2.75) is 37.6 Å². The number of hydrogen-bond donors (Lipinski definition) is 1. The normalized spacial score (nSPS) is 28.6. The molecule has 2 heteroatoms. The summed E-state index contributed by atoms with van der Waals surface area (Å²) >= 11 is 0. The molecular weight excluding hydrogens is 172 g/mol. The van der Waals surface area contributed by atoms with E-state index in [9.17, 15) is 0 Å². The minimum Gasteiger partial charge on any atom is -0.354 e. The van der Waals surface area contributed by atoms with E-state index in [1.807, 2.05) is 0 Å². The molecule has 0 radical (unpaired) electrons. The molecule has 1 aromatic heterocycles. The van der Waals surface area contributed by atoms with Crippen molar-refractivity contribution in [2.24, 2.45) is 18.7 Å². The Morgan fingerprint density at radius 1 is 1.50 bits per heavy atom. The maximum Gasteiger partial charge on any atom is 0.0204 e. The van der Waals surface area contributed by atoms with Crippen LogP contribution in [0.25, 0.3) is 0 Å². The van der Waals surface area contributed by atoms with Crippen LogP contribution < -0.4 is 5.73 Å². The van der Waals surface area contributed by atoms with Gasteiger partial charge in [0.1, 0.15) is 0 Å². The Morgan fingerprint density at radius 2 is 2.29 bits per heavy atom. The van der Waals surface area contributed by atoms with E-state index in [-0.39, 0.29) is 5.54 Å². The highest BCUT2D eigenvalue weighted by Crippen LogP contribution is 2.45. The lowest BCUT2D eigenvalue weighted by atomic mass is 9.81. The highest BCUT2D eigenvalue weighted by atomic mass is 14.9. The molecule has 1 saturated carbocycles. The number of nitrogens with zero attached hydrogens (tertiary/aromatic N) is 1. The van der Waals surface area contributed by atoms with Crippen LogP contribution in [0.4, 0.5) is 0 Å². The first-order chi connectivity index (χ1) is 6.69. The number of hydrogen-bond acceptors (Lipinski definition) is 1. The smallest absolute Gasteiger partial charge is 0.0204 e. The summed E-state index contributed by atoms with van der Waals surface area (Å²) in [6.07, 6.45) is 8.42. The predicted molar refractivity (Wildman–Crippen MR) is 57.1 cm³/mol. The molecule has 2 nitrogen and oxygen atoms in total. The Morgan fingerprint density at radius 3 is 3.00 bits per heavy atom. The van der Waals surface area contributed by atoms with Crippen molar-refractivity contribution in [2.75, 3.05) is 0 Å². The maximum absolute atomic E-state index is 6.28. The molecule has 0 bridgehead atoms. The highest BCUT2D eigenvalue weighted by Gasteiger charge is 2.46. The van der Waals surface area contributed by atoms with Gasteiger partial charge in [0.15, 0.2) is 0 Å².